The lowest BCUT2D eigenvalue weighted by Gasteiger charge is -2.43. The smallest absolute Gasteiger partial charge is 0.168 e. The zero-order chi connectivity index (χ0) is 13.3. The lowest BCUT2D eigenvalue weighted by Crippen LogP contribution is -2.46. The van der Waals surface area contributed by atoms with Gasteiger partial charge in [-0.15, -0.1) is 0 Å². The number of ether oxygens (including phenoxy) is 3. The summed E-state index contributed by atoms with van der Waals surface area (Å²) in [5, 5.41) is 0. The van der Waals surface area contributed by atoms with E-state index >= 15 is 0 Å². The Bertz CT molecular complexity index is 234. The van der Waals surface area contributed by atoms with E-state index in [1.54, 1.807) is 14.2 Å². The first-order valence-electron chi connectivity index (χ1n) is 6.26. The van der Waals surface area contributed by atoms with E-state index < -0.39 is 0 Å². The largest absolute Gasteiger partial charge is 0.495 e. The predicted octanol–water partition coefficient (Wildman–Crippen LogP) is 3.52. The SMILES string of the molecule is C=C(/C=C\C1CC(OC)(OC)C1)OCC.CC. The molecule has 3 nitrogen and oxygen atoms in total. The standard InChI is InChI=1S/C12H20O3.C2H6/c1-5-15-10(2)6-7-11-8-12(9-11,13-3)14-4;1-2/h6-7,11H,2,5,8-9H2,1,3-4H3;1-2H3/b7-6-;. The van der Waals surface area contributed by atoms with Gasteiger partial charge in [-0.05, 0) is 18.9 Å². The highest BCUT2D eigenvalue weighted by Gasteiger charge is 2.43. The molecule has 0 aromatic rings. The Morgan fingerprint density at radius 1 is 1.29 bits per heavy atom. The maximum absolute atomic E-state index is 5.30. The first kappa shape index (κ1) is 16.2. The predicted molar refractivity (Wildman–Crippen MR) is 70.7 cm³/mol. The summed E-state index contributed by atoms with van der Waals surface area (Å²) in [6, 6.07) is 0. The zero-order valence-corrected chi connectivity index (χ0v) is 11.8. The second-order valence-electron chi connectivity index (χ2n) is 3.75. The summed E-state index contributed by atoms with van der Waals surface area (Å²) in [6.45, 7) is 10.4. The minimum atomic E-state index is -0.359. The third-order valence-electron chi connectivity index (χ3n) is 2.77. The summed E-state index contributed by atoms with van der Waals surface area (Å²) >= 11 is 0. The number of hydrogen-bond acceptors (Lipinski definition) is 3. The first-order chi connectivity index (χ1) is 8.15. The average Bonchev–Trinajstić information content (AvgIpc) is 2.31. The van der Waals surface area contributed by atoms with Crippen LogP contribution in [0.25, 0.3) is 0 Å². The average molecular weight is 242 g/mol. The Morgan fingerprint density at radius 3 is 2.24 bits per heavy atom. The fourth-order valence-electron chi connectivity index (χ4n) is 1.77. The van der Waals surface area contributed by atoms with Gasteiger partial charge in [-0.1, -0.05) is 26.5 Å². The van der Waals surface area contributed by atoms with E-state index in [2.05, 4.69) is 12.7 Å². The lowest BCUT2D eigenvalue weighted by molar-refractivity contribution is -0.263. The van der Waals surface area contributed by atoms with E-state index in [1.165, 1.54) is 0 Å². The van der Waals surface area contributed by atoms with Gasteiger partial charge in [0.15, 0.2) is 5.79 Å². The molecule has 1 fully saturated rings. The highest BCUT2D eigenvalue weighted by Crippen LogP contribution is 2.41. The van der Waals surface area contributed by atoms with Gasteiger partial charge in [-0.25, -0.2) is 0 Å². The number of hydrogen-bond donors (Lipinski definition) is 0. The molecule has 0 saturated heterocycles. The van der Waals surface area contributed by atoms with E-state index in [1.807, 2.05) is 26.8 Å². The van der Waals surface area contributed by atoms with Crippen molar-refractivity contribution in [3.8, 4) is 0 Å². The third-order valence-corrected chi connectivity index (χ3v) is 2.77. The quantitative estimate of drug-likeness (QED) is 0.405. The normalized spacial score (nSPS) is 18.2. The Balaban J connectivity index is 0.00000121. The lowest BCUT2D eigenvalue weighted by atomic mass is 9.78. The summed E-state index contributed by atoms with van der Waals surface area (Å²) in [5.74, 6) is 0.856. The Kier molecular flexibility index (Phi) is 7.92. The van der Waals surface area contributed by atoms with Crippen molar-refractivity contribution >= 4 is 0 Å². The van der Waals surface area contributed by atoms with Crippen LogP contribution in [-0.2, 0) is 14.2 Å². The molecule has 0 bridgehead atoms. The fraction of sp³-hybridized carbons (Fsp3) is 0.714. The molecule has 0 spiro atoms. The van der Waals surface area contributed by atoms with Crippen molar-refractivity contribution in [1.29, 1.82) is 0 Å². The molecular weight excluding hydrogens is 216 g/mol. The van der Waals surface area contributed by atoms with Crippen molar-refractivity contribution in [2.45, 2.75) is 39.4 Å². The van der Waals surface area contributed by atoms with Crippen LogP contribution in [0.4, 0.5) is 0 Å². The van der Waals surface area contributed by atoms with Crippen molar-refractivity contribution in [3.05, 3.63) is 24.5 Å². The molecule has 0 unspecified atom stereocenters. The molecule has 0 aromatic carbocycles. The van der Waals surface area contributed by atoms with Crippen molar-refractivity contribution in [3.63, 3.8) is 0 Å². The maximum atomic E-state index is 5.30. The summed E-state index contributed by atoms with van der Waals surface area (Å²) in [5.41, 5.74) is 0. The minimum Gasteiger partial charge on any atom is -0.495 e. The van der Waals surface area contributed by atoms with Gasteiger partial charge in [0.2, 0.25) is 0 Å². The summed E-state index contributed by atoms with van der Waals surface area (Å²) in [7, 11) is 3.37. The van der Waals surface area contributed by atoms with E-state index in [9.17, 15) is 0 Å². The third kappa shape index (κ3) is 4.92. The van der Waals surface area contributed by atoms with Crippen molar-refractivity contribution in [1.82, 2.24) is 0 Å². The van der Waals surface area contributed by atoms with Crippen LogP contribution in [0.2, 0.25) is 0 Å². The van der Waals surface area contributed by atoms with Crippen LogP contribution in [0.15, 0.2) is 24.5 Å². The highest BCUT2D eigenvalue weighted by molar-refractivity contribution is 5.11. The van der Waals surface area contributed by atoms with Crippen molar-refractivity contribution in [2.75, 3.05) is 20.8 Å². The number of methoxy groups -OCH3 is 2. The molecule has 17 heavy (non-hydrogen) atoms. The van der Waals surface area contributed by atoms with Crippen LogP contribution in [-0.4, -0.2) is 26.6 Å². The second kappa shape index (κ2) is 8.31. The van der Waals surface area contributed by atoms with E-state index in [0.717, 1.165) is 12.8 Å². The minimum absolute atomic E-state index is 0.359. The van der Waals surface area contributed by atoms with Crippen LogP contribution in [0.3, 0.4) is 0 Å². The van der Waals surface area contributed by atoms with E-state index in [4.69, 9.17) is 14.2 Å². The van der Waals surface area contributed by atoms with E-state index in [-0.39, 0.29) is 5.79 Å². The monoisotopic (exact) mass is 242 g/mol. The maximum Gasteiger partial charge on any atom is 0.168 e. The molecule has 1 aliphatic carbocycles. The Hall–Kier alpha value is -0.800. The van der Waals surface area contributed by atoms with Crippen LogP contribution in [0.5, 0.6) is 0 Å². The Morgan fingerprint density at radius 2 is 1.82 bits per heavy atom. The zero-order valence-electron chi connectivity index (χ0n) is 11.8. The fourth-order valence-corrected chi connectivity index (χ4v) is 1.77. The molecule has 0 atom stereocenters. The van der Waals surface area contributed by atoms with Gasteiger partial charge in [0, 0.05) is 27.1 Å². The van der Waals surface area contributed by atoms with Gasteiger partial charge in [-0.3, -0.25) is 0 Å². The molecular formula is C14H26O3. The summed E-state index contributed by atoms with van der Waals surface area (Å²) < 4.78 is 15.8. The molecule has 0 aliphatic heterocycles. The molecule has 1 aliphatic rings. The van der Waals surface area contributed by atoms with E-state index in [0.29, 0.717) is 18.3 Å². The Labute approximate surface area is 105 Å². The topological polar surface area (TPSA) is 27.7 Å². The summed E-state index contributed by atoms with van der Waals surface area (Å²) in [4.78, 5) is 0. The van der Waals surface area contributed by atoms with Gasteiger partial charge in [-0.2, -0.15) is 0 Å². The van der Waals surface area contributed by atoms with Gasteiger partial charge in [0.1, 0.15) is 5.76 Å². The van der Waals surface area contributed by atoms with Crippen molar-refractivity contribution in [2.24, 2.45) is 5.92 Å². The molecule has 0 heterocycles. The summed E-state index contributed by atoms with van der Waals surface area (Å²) in [6.07, 6.45) is 5.82. The number of rotatable bonds is 6. The van der Waals surface area contributed by atoms with Crippen LogP contribution < -0.4 is 0 Å². The van der Waals surface area contributed by atoms with Gasteiger partial charge in [0.25, 0.3) is 0 Å². The molecule has 0 N–H and O–H groups in total. The second-order valence-corrected chi connectivity index (χ2v) is 3.75. The molecule has 100 valence electrons. The van der Waals surface area contributed by atoms with Crippen LogP contribution in [0, 0.1) is 5.92 Å². The van der Waals surface area contributed by atoms with Gasteiger partial charge in [0.05, 0.1) is 6.61 Å². The van der Waals surface area contributed by atoms with Gasteiger partial charge < -0.3 is 14.2 Å². The molecule has 0 amide bonds. The highest BCUT2D eigenvalue weighted by atomic mass is 16.7. The molecule has 1 rings (SSSR count). The van der Waals surface area contributed by atoms with Crippen LogP contribution in [0.1, 0.15) is 33.6 Å². The number of allylic oxidation sites excluding steroid dienone is 2. The van der Waals surface area contributed by atoms with Crippen molar-refractivity contribution < 1.29 is 14.2 Å². The molecule has 3 heteroatoms. The molecule has 1 saturated carbocycles. The van der Waals surface area contributed by atoms with Crippen LogP contribution >= 0.6 is 0 Å². The van der Waals surface area contributed by atoms with Gasteiger partial charge >= 0.3 is 0 Å². The molecule has 0 radical (unpaired) electrons. The molecule has 0 aromatic heterocycles. The first-order valence-corrected chi connectivity index (χ1v) is 6.26.